The molecule has 0 atom stereocenters. The monoisotopic (exact) mass is 304 g/mol. The predicted octanol–water partition coefficient (Wildman–Crippen LogP) is 2.72. The minimum absolute atomic E-state index is 0.0174. The number of methoxy groups -OCH3 is 1. The summed E-state index contributed by atoms with van der Waals surface area (Å²) in [7, 11) is 1.51. The number of anilines is 1. The minimum Gasteiger partial charge on any atom is -0.497 e. The number of hydrogen-bond donors (Lipinski definition) is 2. The third-order valence-corrected chi connectivity index (χ3v) is 3.04. The van der Waals surface area contributed by atoms with Crippen LogP contribution >= 0.6 is 12.2 Å². The van der Waals surface area contributed by atoms with Crippen molar-refractivity contribution in [3.8, 4) is 5.75 Å². The Hall–Kier alpha value is -2.47. The maximum absolute atomic E-state index is 13.7. The molecule has 3 N–H and O–H groups in total. The molecule has 0 saturated heterocycles. The van der Waals surface area contributed by atoms with Crippen molar-refractivity contribution in [3.63, 3.8) is 0 Å². The molecule has 0 heterocycles. The smallest absolute Gasteiger partial charge is 0.255 e. The molecule has 0 unspecified atom stereocenters. The van der Waals surface area contributed by atoms with E-state index in [2.05, 4.69) is 5.32 Å². The molecule has 0 aliphatic carbocycles. The molecule has 0 saturated carbocycles. The number of benzene rings is 2. The number of carbonyl (C=O) groups excluding carboxylic acids is 1. The average Bonchev–Trinajstić information content (AvgIpc) is 2.47. The van der Waals surface area contributed by atoms with Crippen molar-refractivity contribution in [1.29, 1.82) is 0 Å². The lowest BCUT2D eigenvalue weighted by atomic mass is 10.1. The van der Waals surface area contributed by atoms with Crippen molar-refractivity contribution >= 4 is 28.8 Å². The highest BCUT2D eigenvalue weighted by Crippen LogP contribution is 2.20. The van der Waals surface area contributed by atoms with E-state index in [-0.39, 0.29) is 16.2 Å². The van der Waals surface area contributed by atoms with Crippen LogP contribution in [0.1, 0.15) is 15.9 Å². The van der Waals surface area contributed by atoms with Crippen LogP contribution in [-0.2, 0) is 0 Å². The van der Waals surface area contributed by atoms with Gasteiger partial charge in [-0.3, -0.25) is 4.79 Å². The Morgan fingerprint density at radius 3 is 2.67 bits per heavy atom. The normalized spacial score (nSPS) is 10.0. The van der Waals surface area contributed by atoms with Crippen LogP contribution in [0.5, 0.6) is 5.75 Å². The second-order valence-electron chi connectivity index (χ2n) is 4.21. The van der Waals surface area contributed by atoms with Gasteiger partial charge >= 0.3 is 0 Å². The summed E-state index contributed by atoms with van der Waals surface area (Å²) in [6.07, 6.45) is 0. The number of nitrogens with two attached hydrogens (primary N) is 1. The van der Waals surface area contributed by atoms with E-state index < -0.39 is 11.7 Å². The van der Waals surface area contributed by atoms with Crippen LogP contribution in [0.3, 0.4) is 0 Å². The summed E-state index contributed by atoms with van der Waals surface area (Å²) in [5, 5.41) is 2.60. The van der Waals surface area contributed by atoms with E-state index in [0.29, 0.717) is 11.3 Å². The first kappa shape index (κ1) is 14.9. The standard InChI is InChI=1S/C15H13FN2O2S/c1-20-10-5-2-4-9(8-10)15(19)18-12-7-3-6-11(16)13(12)14(17)21/h2-8H,1H3,(H2,17,21)(H,18,19). The number of carbonyl (C=O) groups is 1. The van der Waals surface area contributed by atoms with E-state index in [9.17, 15) is 9.18 Å². The summed E-state index contributed by atoms with van der Waals surface area (Å²) in [5.41, 5.74) is 6.13. The van der Waals surface area contributed by atoms with Gasteiger partial charge in [0.05, 0.1) is 18.4 Å². The zero-order valence-electron chi connectivity index (χ0n) is 11.2. The summed E-state index contributed by atoms with van der Waals surface area (Å²) in [5.74, 6) is -0.431. The van der Waals surface area contributed by atoms with E-state index in [4.69, 9.17) is 22.7 Å². The molecule has 0 radical (unpaired) electrons. The summed E-state index contributed by atoms with van der Waals surface area (Å²) in [6, 6.07) is 10.9. The van der Waals surface area contributed by atoms with E-state index in [1.54, 1.807) is 24.3 Å². The predicted molar refractivity (Wildman–Crippen MR) is 83.2 cm³/mol. The highest BCUT2D eigenvalue weighted by molar-refractivity contribution is 7.80. The third kappa shape index (κ3) is 3.35. The molecule has 0 bridgehead atoms. The topological polar surface area (TPSA) is 64.3 Å². The molecule has 2 aromatic rings. The number of rotatable bonds is 4. The van der Waals surface area contributed by atoms with Gasteiger partial charge in [0.25, 0.3) is 5.91 Å². The largest absolute Gasteiger partial charge is 0.497 e. The second kappa shape index (κ2) is 6.32. The number of ether oxygens (including phenoxy) is 1. The Kier molecular flexibility index (Phi) is 4.49. The van der Waals surface area contributed by atoms with Gasteiger partial charge in [-0.25, -0.2) is 4.39 Å². The van der Waals surface area contributed by atoms with Crippen molar-refractivity contribution in [1.82, 2.24) is 0 Å². The Balaban J connectivity index is 2.31. The van der Waals surface area contributed by atoms with Gasteiger partial charge in [0.1, 0.15) is 16.6 Å². The summed E-state index contributed by atoms with van der Waals surface area (Å²) >= 11 is 4.81. The van der Waals surface area contributed by atoms with Crippen molar-refractivity contribution in [2.75, 3.05) is 12.4 Å². The quantitative estimate of drug-likeness (QED) is 0.853. The average molecular weight is 304 g/mol. The fraction of sp³-hybridized carbons (Fsp3) is 0.0667. The number of nitrogens with one attached hydrogen (secondary N) is 1. The summed E-state index contributed by atoms with van der Waals surface area (Å²) < 4.78 is 18.8. The van der Waals surface area contributed by atoms with E-state index in [1.807, 2.05) is 0 Å². The molecule has 0 fully saturated rings. The van der Waals surface area contributed by atoms with Gasteiger partial charge in [0.15, 0.2) is 0 Å². The Morgan fingerprint density at radius 1 is 1.29 bits per heavy atom. The van der Waals surface area contributed by atoms with Gasteiger partial charge in [-0.1, -0.05) is 24.4 Å². The highest BCUT2D eigenvalue weighted by atomic mass is 32.1. The molecule has 0 aliphatic rings. The van der Waals surface area contributed by atoms with Crippen molar-refractivity contribution < 1.29 is 13.9 Å². The SMILES string of the molecule is COc1cccc(C(=O)Nc2cccc(F)c2C(N)=S)c1. The first-order valence-corrected chi connectivity index (χ1v) is 6.47. The third-order valence-electron chi connectivity index (χ3n) is 2.84. The maximum Gasteiger partial charge on any atom is 0.255 e. The second-order valence-corrected chi connectivity index (χ2v) is 4.65. The molecule has 4 nitrogen and oxygen atoms in total. The van der Waals surface area contributed by atoms with Crippen LogP contribution in [0.25, 0.3) is 0 Å². The molecule has 0 aromatic heterocycles. The Morgan fingerprint density at radius 2 is 2.00 bits per heavy atom. The van der Waals surface area contributed by atoms with Gasteiger partial charge < -0.3 is 15.8 Å². The van der Waals surface area contributed by atoms with Gasteiger partial charge in [0, 0.05) is 5.56 Å². The molecule has 21 heavy (non-hydrogen) atoms. The fourth-order valence-corrected chi connectivity index (χ4v) is 2.04. The number of halogens is 1. The van der Waals surface area contributed by atoms with Crippen LogP contribution in [-0.4, -0.2) is 18.0 Å². The number of amides is 1. The van der Waals surface area contributed by atoms with Gasteiger partial charge in [-0.15, -0.1) is 0 Å². The number of thiocarbonyl (C=S) groups is 1. The van der Waals surface area contributed by atoms with Crippen LogP contribution < -0.4 is 15.8 Å². The molecular weight excluding hydrogens is 291 g/mol. The van der Waals surface area contributed by atoms with Crippen molar-refractivity contribution in [2.45, 2.75) is 0 Å². The molecule has 2 rings (SSSR count). The first-order chi connectivity index (χ1) is 10.0. The lowest BCUT2D eigenvalue weighted by Crippen LogP contribution is -2.19. The summed E-state index contributed by atoms with van der Waals surface area (Å²) in [6.45, 7) is 0. The van der Waals surface area contributed by atoms with E-state index >= 15 is 0 Å². The molecule has 0 spiro atoms. The van der Waals surface area contributed by atoms with Gasteiger partial charge in [-0.05, 0) is 30.3 Å². The van der Waals surface area contributed by atoms with Gasteiger partial charge in [-0.2, -0.15) is 0 Å². The van der Waals surface area contributed by atoms with Crippen LogP contribution in [0.2, 0.25) is 0 Å². The van der Waals surface area contributed by atoms with Crippen LogP contribution in [0, 0.1) is 5.82 Å². The molecular formula is C15H13FN2O2S. The lowest BCUT2D eigenvalue weighted by Gasteiger charge is -2.11. The van der Waals surface area contributed by atoms with Crippen molar-refractivity contribution in [2.24, 2.45) is 5.73 Å². The lowest BCUT2D eigenvalue weighted by molar-refractivity contribution is 0.102. The zero-order chi connectivity index (χ0) is 15.4. The van der Waals surface area contributed by atoms with Crippen molar-refractivity contribution in [3.05, 3.63) is 59.4 Å². The van der Waals surface area contributed by atoms with Crippen LogP contribution in [0.15, 0.2) is 42.5 Å². The molecule has 1 amide bonds. The fourth-order valence-electron chi connectivity index (χ4n) is 1.84. The molecule has 6 heteroatoms. The van der Waals surface area contributed by atoms with E-state index in [1.165, 1.54) is 25.3 Å². The molecule has 2 aromatic carbocycles. The summed E-state index contributed by atoms with van der Waals surface area (Å²) in [4.78, 5) is 12.1. The van der Waals surface area contributed by atoms with Gasteiger partial charge in [0.2, 0.25) is 0 Å². The maximum atomic E-state index is 13.7. The molecule has 0 aliphatic heterocycles. The Labute approximate surface area is 126 Å². The molecule has 108 valence electrons. The Bertz CT molecular complexity index is 704. The van der Waals surface area contributed by atoms with E-state index in [0.717, 1.165) is 0 Å². The zero-order valence-corrected chi connectivity index (χ0v) is 12.0. The number of hydrogen-bond acceptors (Lipinski definition) is 3. The first-order valence-electron chi connectivity index (χ1n) is 6.06. The highest BCUT2D eigenvalue weighted by Gasteiger charge is 2.14. The minimum atomic E-state index is -0.578. The van der Waals surface area contributed by atoms with Crippen LogP contribution in [0.4, 0.5) is 10.1 Å².